The van der Waals surface area contributed by atoms with Crippen molar-refractivity contribution in [1.29, 1.82) is 0 Å². The first-order valence-corrected chi connectivity index (χ1v) is 10.7. The molecule has 2 heterocycles. The second-order valence-corrected chi connectivity index (χ2v) is 8.44. The van der Waals surface area contributed by atoms with E-state index >= 15 is 0 Å². The molecular formula is C19H19F2N5O3S. The van der Waals surface area contributed by atoms with Crippen LogP contribution in [0.25, 0.3) is 11.1 Å². The minimum atomic E-state index is -4.25. The number of rotatable bonds is 6. The number of pyridine rings is 1. The van der Waals surface area contributed by atoms with Gasteiger partial charge in [-0.15, -0.1) is 0 Å². The van der Waals surface area contributed by atoms with E-state index in [2.05, 4.69) is 10.1 Å². The van der Waals surface area contributed by atoms with Gasteiger partial charge in [-0.25, -0.2) is 27.3 Å². The second-order valence-electron chi connectivity index (χ2n) is 6.96. The lowest BCUT2D eigenvalue weighted by molar-refractivity contribution is 0.280. The van der Waals surface area contributed by atoms with Crippen molar-refractivity contribution in [1.82, 2.24) is 14.8 Å². The number of nitrogen functional groups attached to an aromatic ring is 1. The van der Waals surface area contributed by atoms with E-state index < -0.39 is 26.7 Å². The molecule has 1 aliphatic rings. The van der Waals surface area contributed by atoms with Crippen LogP contribution in [0.2, 0.25) is 0 Å². The van der Waals surface area contributed by atoms with Gasteiger partial charge in [-0.1, -0.05) is 0 Å². The molecule has 4 rings (SSSR count). The van der Waals surface area contributed by atoms with Crippen LogP contribution in [0, 0.1) is 11.6 Å². The number of benzene rings is 1. The lowest BCUT2D eigenvalue weighted by Crippen LogP contribution is -2.15. The molecule has 0 radical (unpaired) electrons. The van der Waals surface area contributed by atoms with Gasteiger partial charge in [0.1, 0.15) is 12.4 Å². The van der Waals surface area contributed by atoms with Gasteiger partial charge >= 0.3 is 0 Å². The second kappa shape index (κ2) is 7.65. The quantitative estimate of drug-likeness (QED) is 0.571. The molecule has 2 aromatic heterocycles. The Labute approximate surface area is 171 Å². The highest BCUT2D eigenvalue weighted by atomic mass is 32.2. The summed E-state index contributed by atoms with van der Waals surface area (Å²) in [5.74, 6) is -1.22. The average Bonchev–Trinajstić information content (AvgIpc) is 3.28. The zero-order valence-corrected chi connectivity index (χ0v) is 16.6. The van der Waals surface area contributed by atoms with E-state index in [0.29, 0.717) is 16.8 Å². The highest BCUT2D eigenvalue weighted by Gasteiger charge is 2.22. The zero-order chi connectivity index (χ0) is 21.5. The van der Waals surface area contributed by atoms with Gasteiger partial charge in [-0.2, -0.15) is 5.10 Å². The standard InChI is InChI=1S/C19H19F2N5O3S/c20-14-8-11-2-1-3-13(11)18(22)17(14)12-4-5-24-16(9-12)29-7-6-26-10-15(21)19(25-26)30(23,27)28/h4-5,8-10H,1-3,6-7,22H2,(H2,23,27,28). The van der Waals surface area contributed by atoms with Gasteiger partial charge in [-0.05, 0) is 48.1 Å². The van der Waals surface area contributed by atoms with Gasteiger partial charge in [0, 0.05) is 23.5 Å². The van der Waals surface area contributed by atoms with Crippen molar-refractivity contribution in [2.75, 3.05) is 12.3 Å². The summed E-state index contributed by atoms with van der Waals surface area (Å²) in [6.07, 6.45) is 4.98. The molecule has 0 unspecified atom stereocenters. The topological polar surface area (TPSA) is 126 Å². The average molecular weight is 435 g/mol. The third kappa shape index (κ3) is 3.85. The molecule has 3 aromatic rings. The lowest BCUT2D eigenvalue weighted by atomic mass is 9.97. The van der Waals surface area contributed by atoms with Crippen molar-refractivity contribution < 1.29 is 21.9 Å². The molecule has 0 spiro atoms. The first kappa shape index (κ1) is 20.2. The van der Waals surface area contributed by atoms with Gasteiger partial charge < -0.3 is 10.5 Å². The highest BCUT2D eigenvalue weighted by molar-refractivity contribution is 7.89. The summed E-state index contributed by atoms with van der Waals surface area (Å²) in [7, 11) is -4.25. The molecule has 0 bridgehead atoms. The fourth-order valence-electron chi connectivity index (χ4n) is 3.61. The number of nitrogens with zero attached hydrogens (tertiary/aromatic N) is 3. The molecule has 1 aromatic carbocycles. The Hall–Kier alpha value is -3.05. The third-order valence-corrected chi connectivity index (χ3v) is 5.76. The maximum absolute atomic E-state index is 14.7. The number of nitrogens with two attached hydrogens (primary N) is 2. The van der Waals surface area contributed by atoms with E-state index in [1.54, 1.807) is 12.1 Å². The summed E-state index contributed by atoms with van der Waals surface area (Å²) < 4.78 is 57.4. The van der Waals surface area contributed by atoms with Crippen LogP contribution in [0.4, 0.5) is 14.5 Å². The van der Waals surface area contributed by atoms with Crippen LogP contribution >= 0.6 is 0 Å². The van der Waals surface area contributed by atoms with Gasteiger partial charge in [0.2, 0.25) is 10.9 Å². The summed E-state index contributed by atoms with van der Waals surface area (Å²) in [6.45, 7) is 0.0669. The number of aryl methyl sites for hydroxylation is 1. The maximum atomic E-state index is 14.7. The summed E-state index contributed by atoms with van der Waals surface area (Å²) in [5.41, 5.74) is 9.45. The number of fused-ring (bicyclic) bond motifs is 1. The number of hydrogen-bond donors (Lipinski definition) is 2. The van der Waals surface area contributed by atoms with E-state index in [4.69, 9.17) is 15.6 Å². The van der Waals surface area contributed by atoms with E-state index in [0.717, 1.165) is 41.3 Å². The highest BCUT2D eigenvalue weighted by Crippen LogP contribution is 2.38. The van der Waals surface area contributed by atoms with Crippen LogP contribution in [0.5, 0.6) is 5.88 Å². The molecule has 11 heteroatoms. The number of primary sulfonamides is 1. The van der Waals surface area contributed by atoms with Crippen LogP contribution in [-0.2, 0) is 29.4 Å². The Kier molecular flexibility index (Phi) is 5.16. The number of anilines is 1. The van der Waals surface area contributed by atoms with Gasteiger partial charge in [-0.3, -0.25) is 4.68 Å². The minimum absolute atomic E-state index is 0.0176. The van der Waals surface area contributed by atoms with Gasteiger partial charge in [0.05, 0.1) is 12.7 Å². The minimum Gasteiger partial charge on any atom is -0.476 e. The normalized spacial score (nSPS) is 13.4. The predicted molar refractivity (Wildman–Crippen MR) is 105 cm³/mol. The number of ether oxygens (including phenoxy) is 1. The smallest absolute Gasteiger partial charge is 0.260 e. The van der Waals surface area contributed by atoms with Gasteiger partial charge in [0.25, 0.3) is 10.0 Å². The Morgan fingerprint density at radius 1 is 1.20 bits per heavy atom. The molecule has 0 fully saturated rings. The summed E-state index contributed by atoms with van der Waals surface area (Å²) >= 11 is 0. The van der Waals surface area contributed by atoms with Crippen LogP contribution in [-0.4, -0.2) is 29.8 Å². The molecule has 0 atom stereocenters. The fourth-order valence-corrected chi connectivity index (χ4v) is 4.15. The number of aromatic nitrogens is 3. The lowest BCUT2D eigenvalue weighted by Gasteiger charge is -2.13. The Balaban J connectivity index is 1.50. The van der Waals surface area contributed by atoms with E-state index in [9.17, 15) is 17.2 Å². The van der Waals surface area contributed by atoms with Crippen LogP contribution in [0.3, 0.4) is 0 Å². The van der Waals surface area contributed by atoms with Crippen molar-refractivity contribution in [3.8, 4) is 17.0 Å². The molecule has 0 saturated carbocycles. The molecule has 158 valence electrons. The van der Waals surface area contributed by atoms with Crippen LogP contribution in [0.15, 0.2) is 35.6 Å². The van der Waals surface area contributed by atoms with E-state index in [1.807, 2.05) is 0 Å². The molecule has 0 saturated heterocycles. The Bertz CT molecular complexity index is 1230. The number of sulfonamides is 1. The first-order valence-electron chi connectivity index (χ1n) is 9.18. The molecule has 0 amide bonds. The summed E-state index contributed by atoms with van der Waals surface area (Å²) in [5, 5.41) is 7.66. The van der Waals surface area contributed by atoms with Crippen molar-refractivity contribution in [3.05, 3.63) is 53.4 Å². The van der Waals surface area contributed by atoms with Crippen LogP contribution < -0.4 is 15.6 Å². The maximum Gasteiger partial charge on any atom is 0.260 e. The van der Waals surface area contributed by atoms with E-state index in [-0.39, 0.29) is 19.0 Å². The number of halogens is 2. The Morgan fingerprint density at radius 2 is 2.00 bits per heavy atom. The van der Waals surface area contributed by atoms with Crippen molar-refractivity contribution >= 4 is 15.7 Å². The molecular weight excluding hydrogens is 416 g/mol. The van der Waals surface area contributed by atoms with Gasteiger partial charge in [0.15, 0.2) is 5.82 Å². The Morgan fingerprint density at radius 3 is 2.73 bits per heavy atom. The molecule has 4 N–H and O–H groups in total. The van der Waals surface area contributed by atoms with Crippen molar-refractivity contribution in [3.63, 3.8) is 0 Å². The summed E-state index contributed by atoms with van der Waals surface area (Å²) in [6, 6.07) is 4.74. The SMILES string of the molecule is Nc1c2c(cc(F)c1-c1ccnc(OCCn3cc(F)c(S(N)(=O)=O)n3)c1)CCC2. The molecule has 1 aliphatic carbocycles. The van der Waals surface area contributed by atoms with E-state index in [1.165, 1.54) is 12.3 Å². The van der Waals surface area contributed by atoms with Crippen molar-refractivity contribution in [2.45, 2.75) is 30.8 Å². The van der Waals surface area contributed by atoms with Crippen molar-refractivity contribution in [2.24, 2.45) is 5.14 Å². The molecule has 0 aliphatic heterocycles. The third-order valence-electron chi connectivity index (χ3n) is 4.94. The molecule has 30 heavy (non-hydrogen) atoms. The fraction of sp³-hybridized carbons (Fsp3) is 0.263. The predicted octanol–water partition coefficient (Wildman–Crippen LogP) is 2.02. The van der Waals surface area contributed by atoms with Crippen LogP contribution in [0.1, 0.15) is 17.5 Å². The monoisotopic (exact) mass is 435 g/mol. The largest absolute Gasteiger partial charge is 0.476 e. The number of hydrogen-bond acceptors (Lipinski definition) is 6. The summed E-state index contributed by atoms with van der Waals surface area (Å²) in [4.78, 5) is 4.08. The molecule has 8 nitrogen and oxygen atoms in total. The first-order chi connectivity index (χ1) is 14.2. The zero-order valence-electron chi connectivity index (χ0n) is 15.8.